The van der Waals surface area contributed by atoms with Gasteiger partial charge in [-0.1, -0.05) is 36.4 Å². The molecule has 1 amide bonds. The number of ether oxygens (including phenoxy) is 1. The molecule has 0 bridgehead atoms. The molecule has 3 aromatic rings. The maximum absolute atomic E-state index is 12.0. The summed E-state index contributed by atoms with van der Waals surface area (Å²) in [7, 11) is 2.18. The van der Waals surface area contributed by atoms with E-state index in [2.05, 4.69) is 58.6 Å². The molecule has 1 saturated heterocycles. The summed E-state index contributed by atoms with van der Waals surface area (Å²) in [5.41, 5.74) is 2.01. The smallest absolute Gasteiger partial charge is 0.251 e. The maximum atomic E-state index is 12.0. The highest BCUT2D eigenvalue weighted by molar-refractivity contribution is 5.95. The molecule has 1 fully saturated rings. The highest BCUT2D eigenvalue weighted by Crippen LogP contribution is 2.30. The zero-order chi connectivity index (χ0) is 22.2. The number of unbranched alkanes of at least 4 members (excludes halogenated alkanes) is 2. The Labute approximate surface area is 191 Å². The molecule has 0 atom stereocenters. The zero-order valence-corrected chi connectivity index (χ0v) is 18.9. The lowest BCUT2D eigenvalue weighted by Gasteiger charge is -2.34. The Hall–Kier alpha value is -3.05. The first-order valence-electron chi connectivity index (χ1n) is 11.6. The van der Waals surface area contributed by atoms with Crippen LogP contribution in [0.25, 0.3) is 10.8 Å². The summed E-state index contributed by atoms with van der Waals surface area (Å²) in [6.45, 7) is 5.69. The Morgan fingerprint density at radius 3 is 2.53 bits per heavy atom. The Bertz CT molecular complexity index is 1010. The van der Waals surface area contributed by atoms with Crippen LogP contribution in [-0.4, -0.2) is 57.2 Å². The fourth-order valence-corrected chi connectivity index (χ4v) is 4.14. The second-order valence-corrected chi connectivity index (χ2v) is 8.48. The van der Waals surface area contributed by atoms with E-state index in [0.717, 1.165) is 51.2 Å². The van der Waals surface area contributed by atoms with E-state index in [4.69, 9.17) is 4.74 Å². The number of nitrogens with zero attached hydrogens (tertiary/aromatic N) is 2. The van der Waals surface area contributed by atoms with Gasteiger partial charge in [0.1, 0.15) is 5.75 Å². The first-order valence-corrected chi connectivity index (χ1v) is 11.6. The number of likely N-dealkylation sites (N-methyl/N-ethyl adjacent to an activating group) is 1. The number of hydrogen-bond acceptors (Lipinski definition) is 4. The molecule has 5 heteroatoms. The van der Waals surface area contributed by atoms with Crippen LogP contribution in [0.3, 0.4) is 0 Å². The summed E-state index contributed by atoms with van der Waals surface area (Å²) in [5, 5.41) is 5.50. The fraction of sp³-hybridized carbons (Fsp3) is 0.370. The molecular formula is C27H33N3O2. The van der Waals surface area contributed by atoms with E-state index < -0.39 is 0 Å². The van der Waals surface area contributed by atoms with Gasteiger partial charge >= 0.3 is 0 Å². The lowest BCUT2D eigenvalue weighted by molar-refractivity contribution is 0.0953. The Balaban J connectivity index is 1.23. The number of rotatable bonds is 9. The van der Waals surface area contributed by atoms with Crippen molar-refractivity contribution in [3.8, 4) is 5.75 Å². The lowest BCUT2D eigenvalue weighted by atomic mass is 10.1. The van der Waals surface area contributed by atoms with Gasteiger partial charge in [-0.3, -0.25) is 4.79 Å². The average Bonchev–Trinajstić information content (AvgIpc) is 2.84. The molecule has 0 unspecified atom stereocenters. The van der Waals surface area contributed by atoms with Gasteiger partial charge in [0.25, 0.3) is 5.91 Å². The number of carbonyl (C=O) groups excluding carboxylic acids is 1. The van der Waals surface area contributed by atoms with Gasteiger partial charge in [0.05, 0.1) is 6.61 Å². The number of hydrogen-bond donors (Lipinski definition) is 1. The second-order valence-electron chi connectivity index (χ2n) is 8.48. The molecule has 5 nitrogen and oxygen atoms in total. The van der Waals surface area contributed by atoms with Crippen LogP contribution in [0.2, 0.25) is 0 Å². The van der Waals surface area contributed by atoms with E-state index >= 15 is 0 Å². The van der Waals surface area contributed by atoms with Crippen LogP contribution in [0.4, 0.5) is 5.69 Å². The quantitative estimate of drug-likeness (QED) is 0.504. The molecule has 0 aliphatic carbocycles. The molecule has 4 rings (SSSR count). The number of fused-ring (bicyclic) bond motifs is 1. The minimum atomic E-state index is -0.00540. The van der Waals surface area contributed by atoms with Crippen molar-refractivity contribution in [3.05, 3.63) is 72.3 Å². The van der Waals surface area contributed by atoms with Crippen LogP contribution in [-0.2, 0) is 0 Å². The number of amides is 1. The average molecular weight is 432 g/mol. The summed E-state index contributed by atoms with van der Waals surface area (Å²) in [6.07, 6.45) is 2.95. The van der Waals surface area contributed by atoms with Gasteiger partial charge in [-0.25, -0.2) is 0 Å². The van der Waals surface area contributed by atoms with E-state index in [-0.39, 0.29) is 5.91 Å². The van der Waals surface area contributed by atoms with Crippen molar-refractivity contribution in [2.24, 2.45) is 0 Å². The highest BCUT2D eigenvalue weighted by atomic mass is 16.5. The number of carbonyl (C=O) groups is 1. The van der Waals surface area contributed by atoms with Gasteiger partial charge in [-0.05, 0) is 62.0 Å². The zero-order valence-electron chi connectivity index (χ0n) is 18.9. The van der Waals surface area contributed by atoms with Gasteiger partial charge in [-0.2, -0.15) is 0 Å². The molecule has 1 aliphatic rings. The highest BCUT2D eigenvalue weighted by Gasteiger charge is 2.16. The lowest BCUT2D eigenvalue weighted by Crippen LogP contribution is -2.44. The number of nitrogens with one attached hydrogen (secondary N) is 1. The molecule has 1 heterocycles. The second kappa shape index (κ2) is 11.0. The molecule has 1 aliphatic heterocycles. The van der Waals surface area contributed by atoms with E-state index in [9.17, 15) is 4.79 Å². The monoisotopic (exact) mass is 431 g/mol. The van der Waals surface area contributed by atoms with Crippen LogP contribution in [0, 0.1) is 0 Å². The van der Waals surface area contributed by atoms with E-state index in [1.807, 2.05) is 30.3 Å². The summed E-state index contributed by atoms with van der Waals surface area (Å²) in [5.74, 6) is 0.922. The van der Waals surface area contributed by atoms with Crippen molar-refractivity contribution in [2.75, 3.05) is 51.3 Å². The van der Waals surface area contributed by atoms with Crippen molar-refractivity contribution in [3.63, 3.8) is 0 Å². The van der Waals surface area contributed by atoms with Gasteiger partial charge in [0.2, 0.25) is 0 Å². The van der Waals surface area contributed by atoms with Crippen LogP contribution in [0.5, 0.6) is 5.75 Å². The third kappa shape index (κ3) is 5.80. The van der Waals surface area contributed by atoms with Gasteiger partial charge in [-0.15, -0.1) is 0 Å². The molecule has 0 aromatic heterocycles. The summed E-state index contributed by atoms with van der Waals surface area (Å²) in [6, 6.07) is 22.3. The summed E-state index contributed by atoms with van der Waals surface area (Å²) >= 11 is 0. The standard InChI is InChI=1S/C27H33N3O2/c1-29-16-18-30(19-17-29)26-12-8-11-22-13-14-24(21-25(22)26)32-20-7-3-6-15-28-27(31)23-9-4-2-5-10-23/h2,4-5,8-14,21H,3,6-7,15-20H2,1H3,(H,28,31). The fourth-order valence-electron chi connectivity index (χ4n) is 4.14. The Morgan fingerprint density at radius 1 is 0.906 bits per heavy atom. The van der Waals surface area contributed by atoms with Gasteiger partial charge in [0.15, 0.2) is 0 Å². The van der Waals surface area contributed by atoms with Gasteiger partial charge in [0, 0.05) is 49.4 Å². The predicted molar refractivity (Wildman–Crippen MR) is 132 cm³/mol. The van der Waals surface area contributed by atoms with Crippen LogP contribution in [0.15, 0.2) is 66.7 Å². The Morgan fingerprint density at radius 2 is 1.72 bits per heavy atom. The first-order chi connectivity index (χ1) is 15.7. The van der Waals surface area contributed by atoms with E-state index in [1.54, 1.807) is 0 Å². The van der Waals surface area contributed by atoms with Crippen LogP contribution < -0.4 is 15.0 Å². The number of anilines is 1. The normalized spacial score (nSPS) is 14.5. The van der Waals surface area contributed by atoms with E-state index in [0.29, 0.717) is 18.7 Å². The third-order valence-corrected chi connectivity index (χ3v) is 6.09. The van der Waals surface area contributed by atoms with Gasteiger partial charge < -0.3 is 19.9 Å². The molecule has 0 spiro atoms. The third-order valence-electron chi connectivity index (χ3n) is 6.09. The first kappa shape index (κ1) is 22.2. The van der Waals surface area contributed by atoms with Crippen LogP contribution >= 0.6 is 0 Å². The molecule has 32 heavy (non-hydrogen) atoms. The molecule has 1 N–H and O–H groups in total. The minimum absolute atomic E-state index is 0.00540. The summed E-state index contributed by atoms with van der Waals surface area (Å²) in [4.78, 5) is 16.9. The SMILES string of the molecule is CN1CCN(c2cccc3ccc(OCCCCCNC(=O)c4ccccc4)cc23)CC1. The predicted octanol–water partition coefficient (Wildman–Crippen LogP) is 4.57. The molecule has 168 valence electrons. The number of benzene rings is 3. The number of piperazine rings is 1. The molecular weight excluding hydrogens is 398 g/mol. The van der Waals surface area contributed by atoms with E-state index in [1.165, 1.54) is 16.5 Å². The van der Waals surface area contributed by atoms with Crippen LogP contribution in [0.1, 0.15) is 29.6 Å². The summed E-state index contributed by atoms with van der Waals surface area (Å²) < 4.78 is 6.06. The van der Waals surface area contributed by atoms with Crippen molar-refractivity contribution >= 4 is 22.4 Å². The largest absolute Gasteiger partial charge is 0.494 e. The Kier molecular flexibility index (Phi) is 7.62. The maximum Gasteiger partial charge on any atom is 0.251 e. The molecule has 3 aromatic carbocycles. The van der Waals surface area contributed by atoms with Crippen molar-refractivity contribution < 1.29 is 9.53 Å². The molecule has 0 radical (unpaired) electrons. The minimum Gasteiger partial charge on any atom is -0.494 e. The molecule has 0 saturated carbocycles. The van der Waals surface area contributed by atoms with Crippen molar-refractivity contribution in [2.45, 2.75) is 19.3 Å². The van der Waals surface area contributed by atoms with Crippen molar-refractivity contribution in [1.82, 2.24) is 10.2 Å². The topological polar surface area (TPSA) is 44.8 Å². The van der Waals surface area contributed by atoms with Crippen molar-refractivity contribution in [1.29, 1.82) is 0 Å².